The Labute approximate surface area is 149 Å². The number of imidazole rings is 1. The minimum atomic E-state index is -0.489. The van der Waals surface area contributed by atoms with Gasteiger partial charge >= 0.3 is 0 Å². The number of amides is 1. The number of halogens is 1. The van der Waals surface area contributed by atoms with Crippen LogP contribution in [-0.4, -0.2) is 35.5 Å². The minimum Gasteiger partial charge on any atom is -0.370 e. The molecule has 0 aliphatic rings. The van der Waals surface area contributed by atoms with Gasteiger partial charge in [-0.1, -0.05) is 18.2 Å². The van der Waals surface area contributed by atoms with Gasteiger partial charge in [0.15, 0.2) is 4.77 Å². The molecule has 0 fully saturated rings. The average Bonchev–Trinajstić information content (AvgIpc) is 2.98. The van der Waals surface area contributed by atoms with Crippen LogP contribution in [-0.2, 0) is 0 Å². The Bertz CT molecular complexity index is 951. The maximum Gasteiger partial charge on any atom is 0.253 e. The van der Waals surface area contributed by atoms with Crippen molar-refractivity contribution in [1.29, 1.82) is 0 Å². The Balaban J connectivity index is 1.74. The maximum atomic E-state index is 13.8. The van der Waals surface area contributed by atoms with Gasteiger partial charge in [0.25, 0.3) is 5.91 Å². The molecule has 1 unspecified atom stereocenters. The fourth-order valence-corrected chi connectivity index (χ4v) is 2.89. The first-order chi connectivity index (χ1) is 12.0. The van der Waals surface area contributed by atoms with Crippen molar-refractivity contribution >= 4 is 34.8 Å². The predicted molar refractivity (Wildman–Crippen MR) is 100 cm³/mol. The standard InChI is InChI=1S/C18H19FN4OS/c1-11(23(2)13-6-4-3-5-7-13)10-20-17(24)14-8-12(19)9-15-16(14)22-18(25)21-15/h3-9,11H,10H2,1-2H3,(H,20,24)(H2,21,22,25). The van der Waals surface area contributed by atoms with Gasteiger partial charge in [-0.05, 0) is 43.4 Å². The van der Waals surface area contributed by atoms with Crippen molar-refractivity contribution in [3.63, 3.8) is 0 Å². The first-order valence-corrected chi connectivity index (χ1v) is 8.34. The van der Waals surface area contributed by atoms with E-state index in [1.54, 1.807) is 0 Å². The molecule has 2 aromatic carbocycles. The van der Waals surface area contributed by atoms with Crippen LogP contribution in [0.1, 0.15) is 17.3 Å². The van der Waals surface area contributed by atoms with Gasteiger partial charge in [0.1, 0.15) is 5.82 Å². The number of anilines is 1. The molecule has 0 saturated heterocycles. The Morgan fingerprint density at radius 1 is 1.28 bits per heavy atom. The number of carbonyl (C=O) groups excluding carboxylic acids is 1. The summed E-state index contributed by atoms with van der Waals surface area (Å²) in [4.78, 5) is 20.3. The summed E-state index contributed by atoms with van der Waals surface area (Å²) in [5.41, 5.74) is 2.28. The molecule has 0 saturated carbocycles. The summed E-state index contributed by atoms with van der Waals surface area (Å²) in [7, 11) is 1.97. The predicted octanol–water partition coefficient (Wildman–Crippen LogP) is 3.62. The quantitative estimate of drug-likeness (QED) is 0.611. The van der Waals surface area contributed by atoms with Crippen molar-refractivity contribution in [2.75, 3.05) is 18.5 Å². The van der Waals surface area contributed by atoms with Crippen LogP contribution in [0.2, 0.25) is 0 Å². The number of likely N-dealkylation sites (N-methyl/N-ethyl adjacent to an activating group) is 1. The fraction of sp³-hybridized carbons (Fsp3) is 0.222. The molecule has 7 heteroatoms. The molecule has 25 heavy (non-hydrogen) atoms. The number of rotatable bonds is 5. The Morgan fingerprint density at radius 3 is 2.72 bits per heavy atom. The SMILES string of the molecule is CC(CNC(=O)c1cc(F)cc2[nH]c(=S)[nH]c12)N(C)c1ccccc1. The van der Waals surface area contributed by atoms with Crippen LogP contribution in [0.3, 0.4) is 0 Å². The molecule has 0 spiro atoms. The third-order valence-corrected chi connectivity index (χ3v) is 4.42. The van der Waals surface area contributed by atoms with E-state index >= 15 is 0 Å². The van der Waals surface area contributed by atoms with E-state index in [2.05, 4.69) is 20.2 Å². The third-order valence-electron chi connectivity index (χ3n) is 4.22. The fourth-order valence-electron chi connectivity index (χ4n) is 2.68. The van der Waals surface area contributed by atoms with Crippen LogP contribution in [0.25, 0.3) is 11.0 Å². The summed E-state index contributed by atoms with van der Waals surface area (Å²) in [5.74, 6) is -0.833. The van der Waals surface area contributed by atoms with Gasteiger partial charge < -0.3 is 20.2 Å². The van der Waals surface area contributed by atoms with Crippen molar-refractivity contribution in [3.05, 3.63) is 58.6 Å². The molecule has 0 radical (unpaired) electrons. The normalized spacial score (nSPS) is 12.1. The van der Waals surface area contributed by atoms with E-state index < -0.39 is 5.82 Å². The lowest BCUT2D eigenvalue weighted by molar-refractivity contribution is 0.0952. The second-order valence-electron chi connectivity index (χ2n) is 5.96. The summed E-state index contributed by atoms with van der Waals surface area (Å²) < 4.78 is 14.1. The summed E-state index contributed by atoms with van der Waals surface area (Å²) in [5, 5.41) is 2.86. The zero-order valence-corrected chi connectivity index (χ0v) is 14.8. The highest BCUT2D eigenvalue weighted by molar-refractivity contribution is 7.71. The van der Waals surface area contributed by atoms with Gasteiger partial charge in [-0.2, -0.15) is 0 Å². The summed E-state index contributed by atoms with van der Waals surface area (Å²) in [6.07, 6.45) is 0. The lowest BCUT2D eigenvalue weighted by atomic mass is 10.1. The van der Waals surface area contributed by atoms with Crippen molar-refractivity contribution in [3.8, 4) is 0 Å². The first kappa shape index (κ1) is 17.2. The van der Waals surface area contributed by atoms with Crippen molar-refractivity contribution in [2.45, 2.75) is 13.0 Å². The zero-order valence-electron chi connectivity index (χ0n) is 14.0. The summed E-state index contributed by atoms with van der Waals surface area (Å²) in [6, 6.07) is 12.5. The van der Waals surface area contributed by atoms with E-state index in [4.69, 9.17) is 12.2 Å². The molecule has 0 aliphatic heterocycles. The van der Waals surface area contributed by atoms with E-state index in [9.17, 15) is 9.18 Å². The lowest BCUT2D eigenvalue weighted by Crippen LogP contribution is -2.40. The van der Waals surface area contributed by atoms with Gasteiger partial charge in [0, 0.05) is 25.3 Å². The molecule has 1 aromatic heterocycles. The Morgan fingerprint density at radius 2 is 2.00 bits per heavy atom. The van der Waals surface area contributed by atoms with E-state index in [-0.39, 0.29) is 17.5 Å². The molecule has 130 valence electrons. The van der Waals surface area contributed by atoms with Crippen LogP contribution in [0.4, 0.5) is 10.1 Å². The highest BCUT2D eigenvalue weighted by Gasteiger charge is 2.16. The number of hydrogen-bond acceptors (Lipinski definition) is 3. The average molecular weight is 358 g/mol. The van der Waals surface area contributed by atoms with E-state index in [0.29, 0.717) is 22.3 Å². The van der Waals surface area contributed by atoms with Gasteiger partial charge in [0.05, 0.1) is 16.6 Å². The molecule has 1 amide bonds. The number of aromatic amines is 2. The number of fused-ring (bicyclic) bond motifs is 1. The number of nitrogens with zero attached hydrogens (tertiary/aromatic N) is 1. The second kappa shape index (κ2) is 7.06. The molecular weight excluding hydrogens is 339 g/mol. The number of para-hydroxylation sites is 1. The topological polar surface area (TPSA) is 63.9 Å². The first-order valence-electron chi connectivity index (χ1n) is 7.93. The Kier molecular flexibility index (Phi) is 4.85. The number of carbonyl (C=O) groups is 1. The van der Waals surface area contributed by atoms with Crippen molar-refractivity contribution < 1.29 is 9.18 Å². The van der Waals surface area contributed by atoms with Crippen molar-refractivity contribution in [2.24, 2.45) is 0 Å². The van der Waals surface area contributed by atoms with E-state index in [0.717, 1.165) is 5.69 Å². The molecule has 1 atom stereocenters. The van der Waals surface area contributed by atoms with E-state index in [1.165, 1.54) is 12.1 Å². The van der Waals surface area contributed by atoms with Crippen LogP contribution < -0.4 is 10.2 Å². The third kappa shape index (κ3) is 3.71. The molecule has 1 heterocycles. The number of hydrogen-bond donors (Lipinski definition) is 3. The van der Waals surface area contributed by atoms with Crippen LogP contribution in [0.5, 0.6) is 0 Å². The highest BCUT2D eigenvalue weighted by Crippen LogP contribution is 2.18. The minimum absolute atomic E-state index is 0.0696. The smallest absolute Gasteiger partial charge is 0.253 e. The van der Waals surface area contributed by atoms with Crippen LogP contribution >= 0.6 is 12.2 Å². The van der Waals surface area contributed by atoms with Gasteiger partial charge in [-0.3, -0.25) is 4.79 Å². The number of benzene rings is 2. The van der Waals surface area contributed by atoms with Gasteiger partial charge in [-0.15, -0.1) is 0 Å². The monoisotopic (exact) mass is 358 g/mol. The molecule has 5 nitrogen and oxygen atoms in total. The zero-order chi connectivity index (χ0) is 18.0. The summed E-state index contributed by atoms with van der Waals surface area (Å²) in [6.45, 7) is 2.44. The number of H-pyrrole nitrogens is 2. The molecule has 3 N–H and O–H groups in total. The Hall–Kier alpha value is -2.67. The van der Waals surface area contributed by atoms with Gasteiger partial charge in [-0.25, -0.2) is 4.39 Å². The lowest BCUT2D eigenvalue weighted by Gasteiger charge is -2.27. The molecular formula is C18H19FN4OS. The highest BCUT2D eigenvalue weighted by atomic mass is 32.1. The van der Waals surface area contributed by atoms with Crippen LogP contribution in [0, 0.1) is 10.6 Å². The number of aromatic nitrogens is 2. The maximum absolute atomic E-state index is 13.8. The second-order valence-corrected chi connectivity index (χ2v) is 6.37. The molecule has 3 aromatic rings. The summed E-state index contributed by atoms with van der Waals surface area (Å²) >= 11 is 5.03. The van der Waals surface area contributed by atoms with Crippen molar-refractivity contribution in [1.82, 2.24) is 15.3 Å². The van der Waals surface area contributed by atoms with Crippen LogP contribution in [0.15, 0.2) is 42.5 Å². The largest absolute Gasteiger partial charge is 0.370 e. The van der Waals surface area contributed by atoms with Gasteiger partial charge in [0.2, 0.25) is 0 Å². The molecule has 0 aliphatic carbocycles. The molecule has 0 bridgehead atoms. The number of nitrogens with one attached hydrogen (secondary N) is 3. The molecule has 3 rings (SSSR count). The van der Waals surface area contributed by atoms with E-state index in [1.807, 2.05) is 44.3 Å².